The summed E-state index contributed by atoms with van der Waals surface area (Å²) in [6.45, 7) is 0.510. The highest BCUT2D eigenvalue weighted by Gasteiger charge is 2.14. The number of imidazole rings is 1. The molecule has 5 rings (SSSR count). The maximum atomic E-state index is 12.6. The number of carbonyl (C=O) groups excluding carboxylic acids is 1. The van der Waals surface area contributed by atoms with Crippen molar-refractivity contribution in [1.82, 2.24) is 19.9 Å². The first-order valence-electron chi connectivity index (χ1n) is 9.43. The topological polar surface area (TPSA) is 72.4 Å². The highest BCUT2D eigenvalue weighted by molar-refractivity contribution is 6.00. The van der Waals surface area contributed by atoms with E-state index in [-0.39, 0.29) is 5.91 Å². The number of aromatic nitrogens is 3. The number of nitrogens with one attached hydrogen (secondary N) is 1. The normalized spacial score (nSPS) is 11.2. The molecule has 6 heteroatoms. The Bertz CT molecular complexity index is 1270. The SMILES string of the molecule is O=C(NCCc1cn2ccccc2n1)c1ccc2noc(-c3ccccc3)c2c1. The van der Waals surface area contributed by atoms with Crippen LogP contribution in [0.2, 0.25) is 0 Å². The second-order valence-corrected chi connectivity index (χ2v) is 6.81. The molecule has 0 unspecified atom stereocenters. The molecule has 0 radical (unpaired) electrons. The smallest absolute Gasteiger partial charge is 0.251 e. The van der Waals surface area contributed by atoms with E-state index in [1.54, 1.807) is 6.07 Å². The Morgan fingerprint density at radius 3 is 2.76 bits per heavy atom. The molecule has 0 bridgehead atoms. The molecule has 6 nitrogen and oxygen atoms in total. The number of hydrogen-bond donors (Lipinski definition) is 1. The van der Waals surface area contributed by atoms with Crippen molar-refractivity contribution in [2.45, 2.75) is 6.42 Å². The van der Waals surface area contributed by atoms with Crippen molar-refractivity contribution in [2.24, 2.45) is 0 Å². The van der Waals surface area contributed by atoms with Gasteiger partial charge in [-0.3, -0.25) is 4.79 Å². The zero-order valence-corrected chi connectivity index (χ0v) is 15.6. The molecule has 1 amide bonds. The maximum Gasteiger partial charge on any atom is 0.251 e. The van der Waals surface area contributed by atoms with Crippen LogP contribution in [0.3, 0.4) is 0 Å². The Hall–Kier alpha value is -3.93. The first-order valence-corrected chi connectivity index (χ1v) is 9.43. The second kappa shape index (κ2) is 7.24. The van der Waals surface area contributed by atoms with Gasteiger partial charge in [0.15, 0.2) is 5.76 Å². The van der Waals surface area contributed by atoms with Crippen LogP contribution in [0.15, 0.2) is 83.6 Å². The Kier molecular flexibility index (Phi) is 4.29. The van der Waals surface area contributed by atoms with Gasteiger partial charge in [-0.2, -0.15) is 0 Å². The second-order valence-electron chi connectivity index (χ2n) is 6.81. The van der Waals surface area contributed by atoms with Crippen molar-refractivity contribution < 1.29 is 9.32 Å². The summed E-state index contributed by atoms with van der Waals surface area (Å²) in [5.74, 6) is 0.538. The Labute approximate surface area is 166 Å². The van der Waals surface area contributed by atoms with E-state index in [1.807, 2.05) is 77.5 Å². The summed E-state index contributed by atoms with van der Waals surface area (Å²) in [6, 6.07) is 21.0. The van der Waals surface area contributed by atoms with E-state index >= 15 is 0 Å². The molecule has 29 heavy (non-hydrogen) atoms. The quantitative estimate of drug-likeness (QED) is 0.496. The summed E-state index contributed by atoms with van der Waals surface area (Å²) < 4.78 is 7.49. The summed E-state index contributed by atoms with van der Waals surface area (Å²) in [5, 5.41) is 7.89. The summed E-state index contributed by atoms with van der Waals surface area (Å²) in [7, 11) is 0. The Morgan fingerprint density at radius 2 is 1.90 bits per heavy atom. The lowest BCUT2D eigenvalue weighted by Crippen LogP contribution is -2.25. The first-order chi connectivity index (χ1) is 14.3. The maximum absolute atomic E-state index is 12.6. The lowest BCUT2D eigenvalue weighted by Gasteiger charge is -2.04. The van der Waals surface area contributed by atoms with Crippen LogP contribution >= 0.6 is 0 Å². The van der Waals surface area contributed by atoms with Gasteiger partial charge >= 0.3 is 0 Å². The molecule has 142 valence electrons. The van der Waals surface area contributed by atoms with Crippen LogP contribution in [-0.4, -0.2) is 27.0 Å². The van der Waals surface area contributed by atoms with Gasteiger partial charge in [0.2, 0.25) is 0 Å². The van der Waals surface area contributed by atoms with Crippen molar-refractivity contribution >= 4 is 22.5 Å². The zero-order valence-electron chi connectivity index (χ0n) is 15.6. The zero-order chi connectivity index (χ0) is 19.6. The third-order valence-electron chi connectivity index (χ3n) is 4.86. The number of rotatable bonds is 5. The van der Waals surface area contributed by atoms with Gasteiger partial charge in [0.05, 0.1) is 11.1 Å². The number of carbonyl (C=O) groups is 1. The largest absolute Gasteiger partial charge is 0.355 e. The molecule has 0 spiro atoms. The van der Waals surface area contributed by atoms with Crippen molar-refractivity contribution in [3.8, 4) is 11.3 Å². The minimum atomic E-state index is -0.129. The molecular weight excluding hydrogens is 364 g/mol. The van der Waals surface area contributed by atoms with Crippen LogP contribution in [0.4, 0.5) is 0 Å². The van der Waals surface area contributed by atoms with Crippen LogP contribution in [0.5, 0.6) is 0 Å². The fourth-order valence-electron chi connectivity index (χ4n) is 3.39. The van der Waals surface area contributed by atoms with Crippen LogP contribution in [0.25, 0.3) is 27.9 Å². The average Bonchev–Trinajstić information content (AvgIpc) is 3.37. The molecule has 5 aromatic rings. The molecule has 0 saturated carbocycles. The summed E-state index contributed by atoms with van der Waals surface area (Å²) in [6.07, 6.45) is 4.61. The average molecular weight is 382 g/mol. The van der Waals surface area contributed by atoms with Gasteiger partial charge in [-0.1, -0.05) is 41.6 Å². The monoisotopic (exact) mass is 382 g/mol. The van der Waals surface area contributed by atoms with Crippen LogP contribution in [0.1, 0.15) is 16.1 Å². The number of benzene rings is 2. The van der Waals surface area contributed by atoms with E-state index in [4.69, 9.17) is 4.52 Å². The molecule has 3 heterocycles. The molecule has 0 atom stereocenters. The predicted molar refractivity (Wildman–Crippen MR) is 111 cm³/mol. The van der Waals surface area contributed by atoms with E-state index in [1.165, 1.54) is 0 Å². The third-order valence-corrected chi connectivity index (χ3v) is 4.86. The highest BCUT2D eigenvalue weighted by atomic mass is 16.5. The van der Waals surface area contributed by atoms with E-state index in [9.17, 15) is 4.79 Å². The summed E-state index contributed by atoms with van der Waals surface area (Å²) in [4.78, 5) is 17.2. The van der Waals surface area contributed by atoms with Crippen molar-refractivity contribution in [2.75, 3.05) is 6.54 Å². The van der Waals surface area contributed by atoms with Crippen molar-refractivity contribution in [3.63, 3.8) is 0 Å². The first kappa shape index (κ1) is 17.2. The number of amides is 1. The van der Waals surface area contributed by atoms with Gasteiger partial charge in [0, 0.05) is 36.5 Å². The number of nitrogens with zero attached hydrogens (tertiary/aromatic N) is 3. The molecule has 2 aromatic carbocycles. The molecule has 0 saturated heterocycles. The third kappa shape index (κ3) is 3.36. The molecule has 0 aliphatic carbocycles. The summed E-state index contributed by atoms with van der Waals surface area (Å²) >= 11 is 0. The lowest BCUT2D eigenvalue weighted by atomic mass is 10.1. The number of pyridine rings is 1. The number of fused-ring (bicyclic) bond motifs is 2. The van der Waals surface area contributed by atoms with E-state index in [0.717, 1.165) is 27.8 Å². The van der Waals surface area contributed by atoms with E-state index in [0.29, 0.717) is 24.3 Å². The molecule has 0 aliphatic heterocycles. The van der Waals surface area contributed by atoms with Crippen LogP contribution in [-0.2, 0) is 6.42 Å². The van der Waals surface area contributed by atoms with Gasteiger partial charge in [-0.25, -0.2) is 4.98 Å². The van der Waals surface area contributed by atoms with Gasteiger partial charge in [0.1, 0.15) is 11.2 Å². The van der Waals surface area contributed by atoms with Gasteiger partial charge in [-0.15, -0.1) is 0 Å². The Morgan fingerprint density at radius 1 is 1.03 bits per heavy atom. The lowest BCUT2D eigenvalue weighted by molar-refractivity contribution is 0.0954. The molecule has 0 aliphatic rings. The molecule has 1 N–H and O–H groups in total. The fourth-order valence-corrected chi connectivity index (χ4v) is 3.39. The van der Waals surface area contributed by atoms with E-state index in [2.05, 4.69) is 15.5 Å². The highest BCUT2D eigenvalue weighted by Crippen LogP contribution is 2.29. The van der Waals surface area contributed by atoms with Crippen LogP contribution < -0.4 is 5.32 Å². The fraction of sp³-hybridized carbons (Fsp3) is 0.0870. The number of hydrogen-bond acceptors (Lipinski definition) is 4. The van der Waals surface area contributed by atoms with Crippen molar-refractivity contribution in [3.05, 3.63) is 90.4 Å². The van der Waals surface area contributed by atoms with Gasteiger partial charge < -0.3 is 14.2 Å². The van der Waals surface area contributed by atoms with E-state index < -0.39 is 0 Å². The minimum absolute atomic E-state index is 0.129. The predicted octanol–water partition coefficient (Wildman–Crippen LogP) is 4.12. The van der Waals surface area contributed by atoms with Gasteiger partial charge in [-0.05, 0) is 30.3 Å². The van der Waals surface area contributed by atoms with Crippen LogP contribution in [0, 0.1) is 0 Å². The molecule has 0 fully saturated rings. The minimum Gasteiger partial charge on any atom is -0.355 e. The molecule has 3 aromatic heterocycles. The van der Waals surface area contributed by atoms with Crippen molar-refractivity contribution in [1.29, 1.82) is 0 Å². The summed E-state index contributed by atoms with van der Waals surface area (Å²) in [5.41, 5.74) is 4.08. The molecular formula is C23H18N4O2. The standard InChI is InChI=1S/C23H18N4O2/c28-23(24-12-11-18-15-27-13-5-4-8-21(27)25-18)17-9-10-20-19(14-17)22(29-26-20)16-6-2-1-3-7-16/h1-10,13-15H,11-12H2,(H,24,28). The van der Waals surface area contributed by atoms with Gasteiger partial charge in [0.25, 0.3) is 5.91 Å². The Balaban J connectivity index is 1.31.